The maximum atomic E-state index is 9.44. The average molecular weight is 178 g/mol. The van der Waals surface area contributed by atoms with Gasteiger partial charge in [0.2, 0.25) is 0 Å². The molecule has 0 radical (unpaired) electrons. The molecule has 0 fully saturated rings. The van der Waals surface area contributed by atoms with Crippen LogP contribution >= 0.6 is 0 Å². The van der Waals surface area contributed by atoms with E-state index in [0.29, 0.717) is 5.75 Å². The van der Waals surface area contributed by atoms with Gasteiger partial charge in [0.1, 0.15) is 5.75 Å². The largest absolute Gasteiger partial charge is 0.508 e. The highest BCUT2D eigenvalue weighted by Gasteiger charge is 2.04. The number of rotatable bonds is 3. The van der Waals surface area contributed by atoms with Crippen molar-refractivity contribution in [2.75, 3.05) is 0 Å². The molecule has 72 valence electrons. The van der Waals surface area contributed by atoms with Crippen molar-refractivity contribution in [1.29, 1.82) is 0 Å². The summed E-state index contributed by atoms with van der Waals surface area (Å²) in [4.78, 5) is 0. The van der Waals surface area contributed by atoms with E-state index in [-0.39, 0.29) is 0 Å². The summed E-state index contributed by atoms with van der Waals surface area (Å²) < 4.78 is 0. The first-order valence-electron chi connectivity index (χ1n) is 5.00. The fraction of sp³-hybridized carbons (Fsp3) is 0.500. The fourth-order valence-electron chi connectivity index (χ4n) is 1.87. The number of aryl methyl sites for hydroxylation is 2. The number of hydrogen-bond donors (Lipinski definition) is 1. The predicted octanol–water partition coefficient (Wildman–Crippen LogP) is 3.22. The van der Waals surface area contributed by atoms with E-state index in [1.54, 1.807) is 0 Å². The molecule has 1 heteroatoms. The molecule has 0 aliphatic heterocycles. The van der Waals surface area contributed by atoms with Crippen LogP contribution < -0.4 is 0 Å². The Morgan fingerprint density at radius 3 is 2.46 bits per heavy atom. The Kier molecular flexibility index (Phi) is 3.35. The van der Waals surface area contributed by atoms with E-state index >= 15 is 0 Å². The van der Waals surface area contributed by atoms with Crippen molar-refractivity contribution in [1.82, 2.24) is 0 Å². The van der Waals surface area contributed by atoms with Crippen LogP contribution in [0.3, 0.4) is 0 Å². The van der Waals surface area contributed by atoms with Gasteiger partial charge in [0.25, 0.3) is 0 Å². The lowest BCUT2D eigenvalue weighted by Gasteiger charge is -2.10. The maximum Gasteiger partial charge on any atom is 0.116 e. The Balaban J connectivity index is 3.13. The second kappa shape index (κ2) is 4.31. The zero-order chi connectivity index (χ0) is 9.84. The van der Waals surface area contributed by atoms with Crippen molar-refractivity contribution in [3.8, 4) is 5.75 Å². The van der Waals surface area contributed by atoms with Gasteiger partial charge in [-0.25, -0.2) is 0 Å². The van der Waals surface area contributed by atoms with E-state index < -0.39 is 0 Å². The van der Waals surface area contributed by atoms with Gasteiger partial charge in [0.05, 0.1) is 0 Å². The molecule has 1 rings (SSSR count). The van der Waals surface area contributed by atoms with Gasteiger partial charge >= 0.3 is 0 Å². The van der Waals surface area contributed by atoms with Gasteiger partial charge in [-0.1, -0.05) is 20.3 Å². The standard InChI is InChI=1S/C12H18O/c1-4-6-10-8-11(13)7-9(3)12(10)5-2/h7-8,13H,4-6H2,1-3H3. The topological polar surface area (TPSA) is 20.2 Å². The predicted molar refractivity (Wildman–Crippen MR) is 56.2 cm³/mol. The fourth-order valence-corrected chi connectivity index (χ4v) is 1.87. The molecule has 0 aliphatic rings. The number of phenolic OH excluding ortho intramolecular Hbond substituents is 1. The normalized spacial score (nSPS) is 10.4. The SMILES string of the molecule is CCCc1cc(O)cc(C)c1CC. The Bertz CT molecular complexity index is 289. The van der Waals surface area contributed by atoms with Crippen molar-refractivity contribution in [3.05, 3.63) is 28.8 Å². The third kappa shape index (κ3) is 2.24. The van der Waals surface area contributed by atoms with E-state index in [1.807, 2.05) is 12.1 Å². The number of phenols is 1. The monoisotopic (exact) mass is 178 g/mol. The lowest BCUT2D eigenvalue weighted by atomic mass is 9.96. The van der Waals surface area contributed by atoms with E-state index in [0.717, 1.165) is 19.3 Å². The van der Waals surface area contributed by atoms with Gasteiger partial charge in [-0.15, -0.1) is 0 Å². The molecule has 0 atom stereocenters. The minimum atomic E-state index is 0.401. The molecule has 0 bridgehead atoms. The molecule has 0 saturated carbocycles. The molecule has 1 aromatic carbocycles. The van der Waals surface area contributed by atoms with Gasteiger partial charge in [-0.2, -0.15) is 0 Å². The van der Waals surface area contributed by atoms with E-state index in [9.17, 15) is 5.11 Å². The zero-order valence-electron chi connectivity index (χ0n) is 8.72. The van der Waals surface area contributed by atoms with E-state index in [4.69, 9.17) is 0 Å². The second-order valence-electron chi connectivity index (χ2n) is 3.50. The summed E-state index contributed by atoms with van der Waals surface area (Å²) in [6.07, 6.45) is 3.26. The van der Waals surface area contributed by atoms with Crippen molar-refractivity contribution in [2.45, 2.75) is 40.0 Å². The third-order valence-corrected chi connectivity index (χ3v) is 2.42. The molecule has 13 heavy (non-hydrogen) atoms. The smallest absolute Gasteiger partial charge is 0.116 e. The van der Waals surface area contributed by atoms with Crippen molar-refractivity contribution in [2.24, 2.45) is 0 Å². The second-order valence-corrected chi connectivity index (χ2v) is 3.50. The summed E-state index contributed by atoms with van der Waals surface area (Å²) in [6, 6.07) is 3.74. The van der Waals surface area contributed by atoms with Crippen LogP contribution in [0.5, 0.6) is 5.75 Å². The molecular formula is C12H18O. The molecule has 0 unspecified atom stereocenters. The van der Waals surface area contributed by atoms with Crippen LogP contribution in [0.1, 0.15) is 37.0 Å². The zero-order valence-corrected chi connectivity index (χ0v) is 8.72. The molecule has 1 aromatic rings. The lowest BCUT2D eigenvalue weighted by molar-refractivity contribution is 0.473. The molecule has 0 saturated heterocycles. The lowest BCUT2D eigenvalue weighted by Crippen LogP contribution is -1.95. The van der Waals surface area contributed by atoms with Gasteiger partial charge in [-0.3, -0.25) is 0 Å². The van der Waals surface area contributed by atoms with E-state index in [1.165, 1.54) is 16.7 Å². The molecule has 0 aliphatic carbocycles. The van der Waals surface area contributed by atoms with Crippen LogP contribution in [0.25, 0.3) is 0 Å². The highest BCUT2D eigenvalue weighted by atomic mass is 16.3. The van der Waals surface area contributed by atoms with E-state index in [2.05, 4.69) is 20.8 Å². The molecule has 0 aromatic heterocycles. The first-order valence-corrected chi connectivity index (χ1v) is 5.00. The van der Waals surface area contributed by atoms with Crippen LogP contribution in [-0.2, 0) is 12.8 Å². The summed E-state index contributed by atoms with van der Waals surface area (Å²) in [5.41, 5.74) is 3.92. The Morgan fingerprint density at radius 1 is 1.23 bits per heavy atom. The molecule has 0 heterocycles. The Hall–Kier alpha value is -0.980. The van der Waals surface area contributed by atoms with Gasteiger partial charge in [-0.05, 0) is 48.6 Å². The van der Waals surface area contributed by atoms with Gasteiger partial charge in [0.15, 0.2) is 0 Å². The molecule has 0 spiro atoms. The number of hydrogen-bond acceptors (Lipinski definition) is 1. The highest BCUT2D eigenvalue weighted by molar-refractivity contribution is 5.41. The molecule has 0 amide bonds. The molecule has 1 N–H and O–H groups in total. The van der Waals surface area contributed by atoms with Crippen LogP contribution in [-0.4, -0.2) is 5.11 Å². The quantitative estimate of drug-likeness (QED) is 0.753. The summed E-state index contributed by atoms with van der Waals surface area (Å²) in [5.74, 6) is 0.401. The van der Waals surface area contributed by atoms with Crippen molar-refractivity contribution in [3.63, 3.8) is 0 Å². The Morgan fingerprint density at radius 2 is 1.92 bits per heavy atom. The third-order valence-electron chi connectivity index (χ3n) is 2.42. The number of benzene rings is 1. The summed E-state index contributed by atoms with van der Waals surface area (Å²) in [7, 11) is 0. The van der Waals surface area contributed by atoms with Crippen LogP contribution in [0.2, 0.25) is 0 Å². The first-order chi connectivity index (χ1) is 6.19. The van der Waals surface area contributed by atoms with Gasteiger partial charge < -0.3 is 5.11 Å². The molecule has 1 nitrogen and oxygen atoms in total. The number of aromatic hydroxyl groups is 1. The summed E-state index contributed by atoms with van der Waals surface area (Å²) in [6.45, 7) is 6.40. The minimum absolute atomic E-state index is 0.401. The first kappa shape index (κ1) is 10.1. The van der Waals surface area contributed by atoms with Gasteiger partial charge in [0, 0.05) is 0 Å². The average Bonchev–Trinajstić information content (AvgIpc) is 2.04. The van der Waals surface area contributed by atoms with Crippen LogP contribution in [0.15, 0.2) is 12.1 Å². The van der Waals surface area contributed by atoms with Crippen molar-refractivity contribution < 1.29 is 5.11 Å². The van der Waals surface area contributed by atoms with Crippen LogP contribution in [0.4, 0.5) is 0 Å². The summed E-state index contributed by atoms with van der Waals surface area (Å²) in [5, 5.41) is 9.44. The maximum absolute atomic E-state index is 9.44. The minimum Gasteiger partial charge on any atom is -0.508 e. The highest BCUT2D eigenvalue weighted by Crippen LogP contribution is 2.22. The van der Waals surface area contributed by atoms with Crippen molar-refractivity contribution >= 4 is 0 Å². The van der Waals surface area contributed by atoms with Crippen LogP contribution in [0, 0.1) is 6.92 Å². The Labute approximate surface area is 80.4 Å². The summed E-state index contributed by atoms with van der Waals surface area (Å²) >= 11 is 0. The molecular weight excluding hydrogens is 160 g/mol.